The number of hydrogen-bond acceptors (Lipinski definition) is 2. The second-order valence-electron chi connectivity index (χ2n) is 5.50. The molecule has 0 saturated carbocycles. The Balaban J connectivity index is 2.46. The fraction of sp³-hybridized carbons (Fsp3) is 0.500. The van der Waals surface area contributed by atoms with Gasteiger partial charge in [0.1, 0.15) is 0 Å². The van der Waals surface area contributed by atoms with E-state index < -0.39 is 0 Å². The lowest BCUT2D eigenvalue weighted by molar-refractivity contribution is -0.115. The Labute approximate surface area is 117 Å². The molecule has 1 aromatic carbocycles. The number of amides is 1. The molecule has 0 bridgehead atoms. The van der Waals surface area contributed by atoms with Crippen LogP contribution >= 0.6 is 15.9 Å². The predicted molar refractivity (Wildman–Crippen MR) is 79.7 cm³/mol. The van der Waals surface area contributed by atoms with Gasteiger partial charge in [-0.3, -0.25) is 4.79 Å². The van der Waals surface area contributed by atoms with Gasteiger partial charge in [-0.05, 0) is 40.4 Å². The summed E-state index contributed by atoms with van der Waals surface area (Å²) in [4.78, 5) is 11.8. The fourth-order valence-electron chi connectivity index (χ4n) is 1.31. The summed E-state index contributed by atoms with van der Waals surface area (Å²) in [6, 6.07) is 7.86. The summed E-state index contributed by atoms with van der Waals surface area (Å²) in [5.74, 6) is -0.0296. The third-order valence-corrected chi connectivity index (χ3v) is 3.71. The van der Waals surface area contributed by atoms with E-state index >= 15 is 0 Å². The van der Waals surface area contributed by atoms with Crippen molar-refractivity contribution in [3.8, 4) is 0 Å². The smallest absolute Gasteiger partial charge is 0.238 e. The van der Waals surface area contributed by atoms with E-state index in [1.165, 1.54) is 0 Å². The predicted octanol–water partition coefficient (Wildman–Crippen LogP) is 3.41. The minimum atomic E-state index is -0.0296. The number of para-hydroxylation sites is 1. The zero-order valence-corrected chi connectivity index (χ0v) is 13.0. The number of benzene rings is 1. The molecule has 4 heteroatoms. The van der Waals surface area contributed by atoms with E-state index in [0.29, 0.717) is 6.54 Å². The first kappa shape index (κ1) is 15.2. The number of hydrogen-bond donors (Lipinski definition) is 2. The summed E-state index contributed by atoms with van der Waals surface area (Å²) in [6.07, 6.45) is 0. The topological polar surface area (TPSA) is 41.1 Å². The van der Waals surface area contributed by atoms with E-state index in [1.807, 2.05) is 24.3 Å². The first-order valence-corrected chi connectivity index (χ1v) is 6.88. The molecule has 0 heterocycles. The maximum Gasteiger partial charge on any atom is 0.238 e. The Kier molecular flexibility index (Phi) is 5.35. The molecule has 1 aromatic rings. The summed E-state index contributed by atoms with van der Waals surface area (Å²) in [5.41, 5.74) is 0.945. The number of rotatable bonds is 4. The average molecular weight is 313 g/mol. The highest BCUT2D eigenvalue weighted by Gasteiger charge is 2.20. The molecule has 1 unspecified atom stereocenters. The van der Waals surface area contributed by atoms with Gasteiger partial charge in [0.2, 0.25) is 5.91 Å². The molecule has 1 amide bonds. The van der Waals surface area contributed by atoms with Crippen molar-refractivity contribution in [2.75, 3.05) is 11.9 Å². The van der Waals surface area contributed by atoms with Crippen molar-refractivity contribution in [1.82, 2.24) is 5.32 Å². The highest BCUT2D eigenvalue weighted by molar-refractivity contribution is 9.10. The minimum Gasteiger partial charge on any atom is -0.324 e. The van der Waals surface area contributed by atoms with Crippen LogP contribution in [0.15, 0.2) is 28.7 Å². The molecule has 2 N–H and O–H groups in total. The van der Waals surface area contributed by atoms with Gasteiger partial charge in [-0.15, -0.1) is 0 Å². The number of nitrogens with one attached hydrogen (secondary N) is 2. The van der Waals surface area contributed by atoms with Gasteiger partial charge < -0.3 is 10.6 Å². The first-order valence-electron chi connectivity index (χ1n) is 6.08. The third kappa shape index (κ3) is 4.78. The average Bonchev–Trinajstić information content (AvgIpc) is 2.27. The molecular formula is C14H21BrN2O. The van der Waals surface area contributed by atoms with Crippen molar-refractivity contribution >= 4 is 27.5 Å². The minimum absolute atomic E-state index is 0.0296. The molecule has 18 heavy (non-hydrogen) atoms. The molecule has 0 aliphatic carbocycles. The van der Waals surface area contributed by atoms with Gasteiger partial charge in [-0.25, -0.2) is 0 Å². The molecular weight excluding hydrogens is 292 g/mol. The van der Waals surface area contributed by atoms with Crippen molar-refractivity contribution < 1.29 is 4.79 Å². The lowest BCUT2D eigenvalue weighted by Crippen LogP contribution is -2.41. The van der Waals surface area contributed by atoms with Crippen LogP contribution in [0.4, 0.5) is 5.69 Å². The zero-order valence-electron chi connectivity index (χ0n) is 11.4. The van der Waals surface area contributed by atoms with Crippen molar-refractivity contribution in [1.29, 1.82) is 0 Å². The Bertz CT molecular complexity index is 413. The van der Waals surface area contributed by atoms with E-state index in [0.717, 1.165) is 10.2 Å². The van der Waals surface area contributed by atoms with Crippen LogP contribution in [0.3, 0.4) is 0 Å². The van der Waals surface area contributed by atoms with Gasteiger partial charge in [-0.2, -0.15) is 0 Å². The maximum atomic E-state index is 11.8. The van der Waals surface area contributed by atoms with Crippen LogP contribution in [0, 0.1) is 5.41 Å². The molecule has 100 valence electrons. The number of anilines is 1. The Hall–Kier alpha value is -0.870. The zero-order chi connectivity index (χ0) is 13.8. The Morgan fingerprint density at radius 3 is 2.50 bits per heavy atom. The van der Waals surface area contributed by atoms with Gasteiger partial charge in [0, 0.05) is 10.5 Å². The molecule has 1 rings (SSSR count). The van der Waals surface area contributed by atoms with Crippen LogP contribution in [-0.2, 0) is 4.79 Å². The van der Waals surface area contributed by atoms with E-state index in [2.05, 4.69) is 54.3 Å². The van der Waals surface area contributed by atoms with Crippen molar-refractivity contribution in [3.63, 3.8) is 0 Å². The van der Waals surface area contributed by atoms with Gasteiger partial charge in [0.05, 0.1) is 12.2 Å². The van der Waals surface area contributed by atoms with Crippen LogP contribution < -0.4 is 10.6 Å². The lowest BCUT2D eigenvalue weighted by atomic mass is 9.88. The van der Waals surface area contributed by atoms with Crippen LogP contribution in [-0.4, -0.2) is 18.5 Å². The molecule has 0 aromatic heterocycles. The molecule has 0 aliphatic heterocycles. The molecule has 0 spiro atoms. The summed E-state index contributed by atoms with van der Waals surface area (Å²) < 4.78 is 0.891. The second kappa shape index (κ2) is 6.34. The fourth-order valence-corrected chi connectivity index (χ4v) is 1.69. The normalized spacial score (nSPS) is 13.2. The third-order valence-electron chi connectivity index (χ3n) is 3.02. The molecule has 0 fully saturated rings. The summed E-state index contributed by atoms with van der Waals surface area (Å²) in [7, 11) is 0. The largest absolute Gasteiger partial charge is 0.324 e. The van der Waals surface area contributed by atoms with Crippen LogP contribution in [0.2, 0.25) is 0 Å². The van der Waals surface area contributed by atoms with Gasteiger partial charge >= 0.3 is 0 Å². The number of carbonyl (C=O) groups is 1. The molecule has 0 saturated heterocycles. The molecule has 3 nitrogen and oxygen atoms in total. The maximum absolute atomic E-state index is 11.8. The lowest BCUT2D eigenvalue weighted by Gasteiger charge is -2.28. The quantitative estimate of drug-likeness (QED) is 0.894. The van der Waals surface area contributed by atoms with Crippen molar-refractivity contribution in [2.45, 2.75) is 33.7 Å². The van der Waals surface area contributed by atoms with E-state index in [-0.39, 0.29) is 17.4 Å². The monoisotopic (exact) mass is 312 g/mol. The SMILES string of the molecule is CC(NCC(=O)Nc1ccccc1Br)C(C)(C)C. The van der Waals surface area contributed by atoms with Crippen LogP contribution in [0.5, 0.6) is 0 Å². The van der Waals surface area contributed by atoms with Crippen LogP contribution in [0.25, 0.3) is 0 Å². The number of carbonyl (C=O) groups excluding carboxylic acids is 1. The number of halogens is 1. The van der Waals surface area contributed by atoms with E-state index in [9.17, 15) is 4.79 Å². The highest BCUT2D eigenvalue weighted by atomic mass is 79.9. The van der Waals surface area contributed by atoms with Crippen molar-refractivity contribution in [3.05, 3.63) is 28.7 Å². The summed E-state index contributed by atoms with van der Waals surface area (Å²) >= 11 is 3.40. The summed E-state index contributed by atoms with van der Waals surface area (Å²) in [5, 5.41) is 6.10. The first-order chi connectivity index (χ1) is 8.30. The van der Waals surface area contributed by atoms with Crippen LogP contribution in [0.1, 0.15) is 27.7 Å². The molecule has 0 aliphatic rings. The van der Waals surface area contributed by atoms with Crippen molar-refractivity contribution in [2.24, 2.45) is 5.41 Å². The van der Waals surface area contributed by atoms with E-state index in [1.54, 1.807) is 0 Å². The molecule has 1 atom stereocenters. The van der Waals surface area contributed by atoms with Gasteiger partial charge in [0.15, 0.2) is 0 Å². The Morgan fingerprint density at radius 2 is 1.94 bits per heavy atom. The summed E-state index contributed by atoms with van der Waals surface area (Å²) in [6.45, 7) is 8.86. The van der Waals surface area contributed by atoms with Gasteiger partial charge in [0.25, 0.3) is 0 Å². The highest BCUT2D eigenvalue weighted by Crippen LogP contribution is 2.21. The second-order valence-corrected chi connectivity index (χ2v) is 6.35. The molecule has 0 radical (unpaired) electrons. The Morgan fingerprint density at radius 1 is 1.33 bits per heavy atom. The standard InChI is InChI=1S/C14H21BrN2O/c1-10(14(2,3)4)16-9-13(18)17-12-8-6-5-7-11(12)15/h5-8,10,16H,9H2,1-4H3,(H,17,18). The van der Waals surface area contributed by atoms with Gasteiger partial charge in [-0.1, -0.05) is 32.9 Å². The van der Waals surface area contributed by atoms with E-state index in [4.69, 9.17) is 0 Å².